The van der Waals surface area contributed by atoms with Crippen molar-refractivity contribution in [3.63, 3.8) is 0 Å². The molecule has 126 valence electrons. The minimum atomic E-state index is -3.43. The van der Waals surface area contributed by atoms with Gasteiger partial charge in [-0.05, 0) is 52.2 Å². The van der Waals surface area contributed by atoms with Crippen LogP contribution in [-0.2, 0) is 10.0 Å². The van der Waals surface area contributed by atoms with E-state index in [1.54, 1.807) is 18.2 Å². The zero-order valence-electron chi connectivity index (χ0n) is 13.7. The highest BCUT2D eigenvalue weighted by Gasteiger charge is 2.30. The van der Waals surface area contributed by atoms with Crippen LogP contribution in [-0.4, -0.2) is 70.4 Å². The van der Waals surface area contributed by atoms with E-state index in [-0.39, 0.29) is 0 Å². The molecule has 2 heterocycles. The molecule has 0 spiro atoms. The Labute approximate surface area is 138 Å². The van der Waals surface area contributed by atoms with E-state index in [9.17, 15) is 8.42 Å². The molecule has 1 N–H and O–H groups in total. The van der Waals surface area contributed by atoms with E-state index in [0.717, 1.165) is 19.6 Å². The van der Waals surface area contributed by atoms with Gasteiger partial charge in [-0.15, -0.1) is 0 Å². The van der Waals surface area contributed by atoms with Crippen LogP contribution in [0.4, 0.5) is 0 Å². The summed E-state index contributed by atoms with van der Waals surface area (Å²) < 4.78 is 26.6. The topological polar surface area (TPSA) is 65.0 Å². The third-order valence-electron chi connectivity index (χ3n) is 4.64. The van der Waals surface area contributed by atoms with Crippen LogP contribution in [0.2, 0.25) is 0 Å². The van der Waals surface area contributed by atoms with E-state index in [1.807, 2.05) is 6.07 Å². The number of nitrogens with one attached hydrogen (secondary N) is 1. The summed E-state index contributed by atoms with van der Waals surface area (Å²) in [6.07, 6.45) is 2.36. The summed E-state index contributed by atoms with van der Waals surface area (Å²) >= 11 is 0. The van der Waals surface area contributed by atoms with Crippen molar-refractivity contribution in [3.8, 4) is 0 Å². The molecule has 2 aliphatic rings. The Morgan fingerprint density at radius 2 is 1.96 bits per heavy atom. The van der Waals surface area contributed by atoms with Crippen LogP contribution in [0, 0.1) is 0 Å². The normalized spacial score (nSPS) is 23.2. The molecule has 0 saturated carbocycles. The molecule has 0 amide bonds. The SMILES string of the molecule is CN(C)C1CCN(CCN=C2NS(=O)(=O)c3ccccc32)CC1. The Morgan fingerprint density at radius 3 is 2.65 bits per heavy atom. The molecule has 6 nitrogen and oxygen atoms in total. The molecule has 1 aromatic carbocycles. The fraction of sp³-hybridized carbons (Fsp3) is 0.562. The van der Waals surface area contributed by atoms with Gasteiger partial charge in [-0.3, -0.25) is 9.71 Å². The molecule has 0 aromatic heterocycles. The highest BCUT2D eigenvalue weighted by Crippen LogP contribution is 2.22. The van der Waals surface area contributed by atoms with Gasteiger partial charge in [0.05, 0.1) is 11.4 Å². The second-order valence-corrected chi connectivity index (χ2v) is 8.02. The number of nitrogens with zero attached hydrogens (tertiary/aromatic N) is 3. The van der Waals surface area contributed by atoms with Crippen molar-refractivity contribution in [3.05, 3.63) is 29.8 Å². The predicted octanol–water partition coefficient (Wildman–Crippen LogP) is 0.751. The average molecular weight is 336 g/mol. The number of piperidine rings is 1. The molecular formula is C16H24N4O2S. The summed E-state index contributed by atoms with van der Waals surface area (Å²) in [6.45, 7) is 3.64. The minimum Gasteiger partial charge on any atom is -0.306 e. The van der Waals surface area contributed by atoms with Crippen LogP contribution >= 0.6 is 0 Å². The van der Waals surface area contributed by atoms with E-state index in [0.29, 0.717) is 28.9 Å². The maximum atomic E-state index is 12.0. The monoisotopic (exact) mass is 336 g/mol. The van der Waals surface area contributed by atoms with E-state index in [1.165, 1.54) is 12.8 Å². The zero-order chi connectivity index (χ0) is 16.4. The van der Waals surface area contributed by atoms with Gasteiger partial charge in [0.1, 0.15) is 5.84 Å². The zero-order valence-corrected chi connectivity index (χ0v) is 14.5. The lowest BCUT2D eigenvalue weighted by molar-refractivity contribution is 0.148. The number of amidine groups is 1. The van der Waals surface area contributed by atoms with Gasteiger partial charge < -0.3 is 9.80 Å². The Bertz CT molecular complexity index is 692. The first-order chi connectivity index (χ1) is 11.0. The highest BCUT2D eigenvalue weighted by molar-refractivity contribution is 7.90. The molecule has 1 aromatic rings. The molecule has 0 atom stereocenters. The first kappa shape index (κ1) is 16.4. The summed E-state index contributed by atoms with van der Waals surface area (Å²) in [5.74, 6) is 0.476. The van der Waals surface area contributed by atoms with Crippen molar-refractivity contribution in [1.29, 1.82) is 0 Å². The number of fused-ring (bicyclic) bond motifs is 1. The molecule has 0 radical (unpaired) electrons. The lowest BCUT2D eigenvalue weighted by Crippen LogP contribution is -2.42. The standard InChI is InChI=1S/C16H24N4O2S/c1-19(2)13-7-10-20(11-8-13)12-9-17-16-14-5-3-4-6-15(14)23(21,22)18-16/h3-6,13H,7-12H2,1-2H3,(H,17,18). The van der Waals surface area contributed by atoms with Crippen LogP contribution in [0.1, 0.15) is 18.4 Å². The van der Waals surface area contributed by atoms with Crippen molar-refractivity contribution >= 4 is 15.9 Å². The van der Waals surface area contributed by atoms with Gasteiger partial charge >= 0.3 is 0 Å². The Morgan fingerprint density at radius 1 is 1.26 bits per heavy atom. The van der Waals surface area contributed by atoms with Crippen LogP contribution in [0.3, 0.4) is 0 Å². The van der Waals surface area contributed by atoms with Crippen LogP contribution in [0.25, 0.3) is 0 Å². The molecule has 1 saturated heterocycles. The van der Waals surface area contributed by atoms with E-state index < -0.39 is 10.0 Å². The second kappa shape index (κ2) is 6.59. The minimum absolute atomic E-state index is 0.325. The van der Waals surface area contributed by atoms with E-state index >= 15 is 0 Å². The van der Waals surface area contributed by atoms with Gasteiger partial charge in [-0.2, -0.15) is 0 Å². The largest absolute Gasteiger partial charge is 0.306 e. The maximum Gasteiger partial charge on any atom is 0.263 e. The smallest absolute Gasteiger partial charge is 0.263 e. The molecule has 1 fully saturated rings. The lowest BCUT2D eigenvalue weighted by Gasteiger charge is -2.34. The first-order valence-electron chi connectivity index (χ1n) is 8.03. The molecule has 7 heteroatoms. The number of likely N-dealkylation sites (tertiary alicyclic amines) is 1. The molecular weight excluding hydrogens is 312 g/mol. The number of hydrogen-bond donors (Lipinski definition) is 1. The van der Waals surface area contributed by atoms with Gasteiger partial charge in [0, 0.05) is 18.2 Å². The lowest BCUT2D eigenvalue weighted by atomic mass is 10.0. The molecule has 0 unspecified atom stereocenters. The number of benzene rings is 1. The number of aliphatic imine (C=N–C) groups is 1. The summed E-state index contributed by atoms with van der Waals surface area (Å²) in [6, 6.07) is 7.66. The van der Waals surface area contributed by atoms with Gasteiger partial charge in [0.2, 0.25) is 0 Å². The van der Waals surface area contributed by atoms with Crippen LogP contribution < -0.4 is 4.72 Å². The molecule has 0 aliphatic carbocycles. The predicted molar refractivity (Wildman–Crippen MR) is 91.3 cm³/mol. The third-order valence-corrected chi connectivity index (χ3v) is 6.03. The molecule has 23 heavy (non-hydrogen) atoms. The van der Waals surface area contributed by atoms with Crippen molar-refractivity contribution in [2.24, 2.45) is 4.99 Å². The van der Waals surface area contributed by atoms with Gasteiger partial charge in [-0.25, -0.2) is 8.42 Å². The fourth-order valence-corrected chi connectivity index (χ4v) is 4.46. The Hall–Kier alpha value is -1.44. The number of sulfonamides is 1. The van der Waals surface area contributed by atoms with Crippen molar-refractivity contribution in [1.82, 2.24) is 14.5 Å². The maximum absolute atomic E-state index is 12.0. The van der Waals surface area contributed by atoms with E-state index in [2.05, 4.69) is 33.6 Å². The second-order valence-electron chi connectivity index (χ2n) is 6.37. The van der Waals surface area contributed by atoms with E-state index in [4.69, 9.17) is 0 Å². The summed E-state index contributed by atoms with van der Waals surface area (Å²) in [4.78, 5) is 9.50. The quantitative estimate of drug-likeness (QED) is 0.881. The Balaban J connectivity index is 1.58. The average Bonchev–Trinajstić information content (AvgIpc) is 2.79. The van der Waals surface area contributed by atoms with Crippen LogP contribution in [0.5, 0.6) is 0 Å². The van der Waals surface area contributed by atoms with Crippen molar-refractivity contribution < 1.29 is 8.42 Å². The van der Waals surface area contributed by atoms with Gasteiger partial charge in [0.15, 0.2) is 0 Å². The number of hydrogen-bond acceptors (Lipinski definition) is 5. The fourth-order valence-electron chi connectivity index (χ4n) is 3.21. The van der Waals surface area contributed by atoms with Gasteiger partial charge in [0.25, 0.3) is 10.0 Å². The summed E-state index contributed by atoms with van der Waals surface area (Å²) in [5.41, 5.74) is 0.679. The highest BCUT2D eigenvalue weighted by atomic mass is 32.2. The molecule has 2 aliphatic heterocycles. The Kier molecular flexibility index (Phi) is 4.70. The van der Waals surface area contributed by atoms with Crippen molar-refractivity contribution in [2.75, 3.05) is 40.3 Å². The summed E-state index contributed by atoms with van der Waals surface area (Å²) in [5, 5.41) is 0. The van der Waals surface area contributed by atoms with Gasteiger partial charge in [-0.1, -0.05) is 12.1 Å². The molecule has 0 bridgehead atoms. The van der Waals surface area contributed by atoms with Crippen LogP contribution in [0.15, 0.2) is 34.2 Å². The number of rotatable bonds is 4. The summed E-state index contributed by atoms with van der Waals surface area (Å²) in [7, 11) is 0.843. The first-order valence-corrected chi connectivity index (χ1v) is 9.51. The third kappa shape index (κ3) is 3.57. The molecule has 3 rings (SSSR count). The van der Waals surface area contributed by atoms with Crippen molar-refractivity contribution in [2.45, 2.75) is 23.8 Å².